The molecule has 0 spiro atoms. The topological polar surface area (TPSA) is 32.7 Å². The molecule has 0 amide bonds. The lowest BCUT2D eigenvalue weighted by Crippen LogP contribution is -2.45. The lowest BCUT2D eigenvalue weighted by molar-refractivity contribution is -0.0913. The van der Waals surface area contributed by atoms with Gasteiger partial charge < -0.3 is 14.7 Å². The smallest absolute Gasteiger partial charge is 0.0896 e. The Morgan fingerprint density at radius 3 is 2.22 bits per heavy atom. The SMILES string of the molecule is CSCC(C)N(C)CC1C(O)C(C)(C)OC1(C)C. The first-order chi connectivity index (χ1) is 8.12. The fourth-order valence-corrected chi connectivity index (χ4v) is 3.59. The summed E-state index contributed by atoms with van der Waals surface area (Å²) in [5.41, 5.74) is -0.714. The van der Waals surface area contributed by atoms with Gasteiger partial charge in [-0.25, -0.2) is 0 Å². The molecular weight excluding hydrogens is 246 g/mol. The molecular formula is C14H29NO2S. The normalized spacial score (nSPS) is 31.8. The van der Waals surface area contributed by atoms with Crippen LogP contribution in [-0.2, 0) is 4.74 Å². The van der Waals surface area contributed by atoms with Crippen molar-refractivity contribution in [3.63, 3.8) is 0 Å². The summed E-state index contributed by atoms with van der Waals surface area (Å²) < 4.78 is 6.02. The summed E-state index contributed by atoms with van der Waals surface area (Å²) in [6, 6.07) is 0.520. The van der Waals surface area contributed by atoms with Gasteiger partial charge in [0.1, 0.15) is 0 Å². The first-order valence-corrected chi connectivity index (χ1v) is 8.08. The van der Waals surface area contributed by atoms with Crippen molar-refractivity contribution in [3.8, 4) is 0 Å². The number of aliphatic hydroxyl groups excluding tert-OH is 1. The van der Waals surface area contributed by atoms with E-state index in [9.17, 15) is 5.11 Å². The van der Waals surface area contributed by atoms with Crippen LogP contribution in [0, 0.1) is 5.92 Å². The predicted octanol–water partition coefficient (Wildman–Crippen LogP) is 2.23. The van der Waals surface area contributed by atoms with E-state index in [4.69, 9.17) is 4.74 Å². The molecule has 1 aliphatic heterocycles. The van der Waals surface area contributed by atoms with Gasteiger partial charge in [-0.3, -0.25) is 0 Å². The highest BCUT2D eigenvalue weighted by molar-refractivity contribution is 7.98. The fraction of sp³-hybridized carbons (Fsp3) is 1.00. The molecule has 0 aromatic carbocycles. The predicted molar refractivity (Wildman–Crippen MR) is 79.2 cm³/mol. The van der Waals surface area contributed by atoms with Crippen LogP contribution in [0.4, 0.5) is 0 Å². The summed E-state index contributed by atoms with van der Waals surface area (Å²) in [5, 5.41) is 10.5. The number of hydrogen-bond acceptors (Lipinski definition) is 4. The highest BCUT2D eigenvalue weighted by atomic mass is 32.2. The lowest BCUT2D eigenvalue weighted by atomic mass is 9.84. The molecule has 1 rings (SSSR count). The van der Waals surface area contributed by atoms with Crippen LogP contribution in [0.1, 0.15) is 34.6 Å². The van der Waals surface area contributed by atoms with E-state index in [1.807, 2.05) is 25.6 Å². The van der Waals surface area contributed by atoms with Crippen molar-refractivity contribution in [2.75, 3.05) is 25.6 Å². The summed E-state index contributed by atoms with van der Waals surface area (Å²) in [7, 11) is 2.13. The van der Waals surface area contributed by atoms with Crippen molar-refractivity contribution < 1.29 is 9.84 Å². The van der Waals surface area contributed by atoms with Crippen LogP contribution >= 0.6 is 11.8 Å². The molecule has 108 valence electrons. The molecule has 0 aliphatic carbocycles. The van der Waals surface area contributed by atoms with E-state index in [0.717, 1.165) is 12.3 Å². The summed E-state index contributed by atoms with van der Waals surface area (Å²) in [5.74, 6) is 1.27. The van der Waals surface area contributed by atoms with Crippen LogP contribution in [0.5, 0.6) is 0 Å². The number of thioether (sulfide) groups is 1. The van der Waals surface area contributed by atoms with E-state index in [1.54, 1.807) is 0 Å². The third kappa shape index (κ3) is 3.41. The Hall–Kier alpha value is 0.230. The van der Waals surface area contributed by atoms with Crippen LogP contribution in [-0.4, -0.2) is 59.0 Å². The number of ether oxygens (including phenoxy) is 1. The molecule has 3 nitrogen and oxygen atoms in total. The fourth-order valence-electron chi connectivity index (χ4n) is 2.86. The number of hydrogen-bond donors (Lipinski definition) is 1. The quantitative estimate of drug-likeness (QED) is 0.834. The Bertz CT molecular complexity index is 281. The zero-order valence-electron chi connectivity index (χ0n) is 12.9. The van der Waals surface area contributed by atoms with E-state index in [-0.39, 0.29) is 11.5 Å². The standard InChI is InChI=1S/C14H29NO2S/c1-10(9-18-7)15(6)8-11-12(16)14(4,5)17-13(11,2)3/h10-12,16H,8-9H2,1-7H3. The minimum atomic E-state index is -0.447. The Morgan fingerprint density at radius 2 is 1.83 bits per heavy atom. The Kier molecular flexibility index (Phi) is 5.15. The molecule has 0 aromatic rings. The second-order valence-corrected chi connectivity index (χ2v) is 7.51. The van der Waals surface area contributed by atoms with Crippen molar-refractivity contribution in [2.24, 2.45) is 5.92 Å². The maximum absolute atomic E-state index is 10.5. The molecule has 0 bridgehead atoms. The molecule has 1 heterocycles. The van der Waals surface area contributed by atoms with E-state index >= 15 is 0 Å². The highest BCUT2D eigenvalue weighted by Crippen LogP contribution is 2.42. The van der Waals surface area contributed by atoms with Crippen molar-refractivity contribution in [1.29, 1.82) is 0 Å². The Balaban J connectivity index is 2.71. The lowest BCUT2D eigenvalue weighted by Gasteiger charge is -2.33. The van der Waals surface area contributed by atoms with Gasteiger partial charge in [0.15, 0.2) is 0 Å². The van der Waals surface area contributed by atoms with E-state index < -0.39 is 11.7 Å². The van der Waals surface area contributed by atoms with Gasteiger partial charge in [0.2, 0.25) is 0 Å². The molecule has 3 atom stereocenters. The molecule has 0 saturated carbocycles. The molecule has 4 heteroatoms. The summed E-state index contributed by atoms with van der Waals surface area (Å²) >= 11 is 1.86. The molecule has 18 heavy (non-hydrogen) atoms. The third-order valence-electron chi connectivity index (χ3n) is 4.16. The third-order valence-corrected chi connectivity index (χ3v) is 4.97. The van der Waals surface area contributed by atoms with Crippen molar-refractivity contribution in [1.82, 2.24) is 4.90 Å². The van der Waals surface area contributed by atoms with Gasteiger partial charge in [-0.15, -0.1) is 0 Å². The zero-order chi connectivity index (χ0) is 14.1. The number of nitrogens with zero attached hydrogens (tertiary/aromatic N) is 1. The number of rotatable bonds is 5. The number of aliphatic hydroxyl groups is 1. The first-order valence-electron chi connectivity index (χ1n) is 6.69. The molecule has 1 aliphatic rings. The van der Waals surface area contributed by atoms with E-state index in [1.165, 1.54) is 0 Å². The van der Waals surface area contributed by atoms with Gasteiger partial charge in [-0.2, -0.15) is 11.8 Å². The second-order valence-electron chi connectivity index (χ2n) is 6.60. The maximum Gasteiger partial charge on any atom is 0.0896 e. The minimum Gasteiger partial charge on any atom is -0.390 e. The van der Waals surface area contributed by atoms with Gasteiger partial charge in [0.05, 0.1) is 17.3 Å². The van der Waals surface area contributed by atoms with Gasteiger partial charge in [-0.05, 0) is 47.9 Å². The molecule has 0 radical (unpaired) electrons. The maximum atomic E-state index is 10.5. The average Bonchev–Trinajstić information content (AvgIpc) is 2.36. The first kappa shape index (κ1) is 16.3. The van der Waals surface area contributed by atoms with Gasteiger partial charge >= 0.3 is 0 Å². The highest BCUT2D eigenvalue weighted by Gasteiger charge is 2.53. The Labute approximate surface area is 116 Å². The summed E-state index contributed by atoms with van der Waals surface area (Å²) in [4.78, 5) is 2.33. The van der Waals surface area contributed by atoms with Crippen LogP contribution < -0.4 is 0 Å². The average molecular weight is 275 g/mol. The van der Waals surface area contributed by atoms with Crippen LogP contribution in [0.15, 0.2) is 0 Å². The molecule has 3 unspecified atom stereocenters. The molecule has 1 saturated heterocycles. The van der Waals surface area contributed by atoms with E-state index in [0.29, 0.717) is 6.04 Å². The molecule has 1 N–H and O–H groups in total. The van der Waals surface area contributed by atoms with Crippen molar-refractivity contribution in [2.45, 2.75) is 58.0 Å². The zero-order valence-corrected chi connectivity index (χ0v) is 13.7. The largest absolute Gasteiger partial charge is 0.390 e. The molecule has 1 fully saturated rings. The van der Waals surface area contributed by atoms with Gasteiger partial charge in [0, 0.05) is 24.3 Å². The monoisotopic (exact) mass is 275 g/mol. The van der Waals surface area contributed by atoms with Crippen LogP contribution in [0.3, 0.4) is 0 Å². The van der Waals surface area contributed by atoms with Gasteiger partial charge in [-0.1, -0.05) is 0 Å². The molecule has 0 aromatic heterocycles. The van der Waals surface area contributed by atoms with Crippen molar-refractivity contribution in [3.05, 3.63) is 0 Å². The van der Waals surface area contributed by atoms with Crippen LogP contribution in [0.2, 0.25) is 0 Å². The summed E-state index contributed by atoms with van der Waals surface area (Å²) in [6.45, 7) is 11.2. The van der Waals surface area contributed by atoms with Crippen LogP contribution in [0.25, 0.3) is 0 Å². The van der Waals surface area contributed by atoms with Gasteiger partial charge in [0.25, 0.3) is 0 Å². The minimum absolute atomic E-state index is 0.154. The Morgan fingerprint density at radius 1 is 1.28 bits per heavy atom. The van der Waals surface area contributed by atoms with E-state index in [2.05, 4.69) is 39.0 Å². The van der Waals surface area contributed by atoms with Crippen molar-refractivity contribution >= 4 is 11.8 Å². The summed E-state index contributed by atoms with van der Waals surface area (Å²) in [6.07, 6.45) is 1.72. The second kappa shape index (κ2) is 5.70.